The van der Waals surface area contributed by atoms with Gasteiger partial charge in [0.15, 0.2) is 0 Å². The summed E-state index contributed by atoms with van der Waals surface area (Å²) in [4.78, 5) is 19.8. The Morgan fingerprint density at radius 1 is 1.36 bits per heavy atom. The Labute approximate surface area is 134 Å². The van der Waals surface area contributed by atoms with E-state index in [0.29, 0.717) is 18.7 Å². The second-order valence-corrected chi connectivity index (χ2v) is 5.29. The third-order valence-electron chi connectivity index (χ3n) is 3.45. The van der Waals surface area contributed by atoms with Crippen LogP contribution in [0.25, 0.3) is 0 Å². The first kappa shape index (κ1) is 16.2. The zero-order valence-corrected chi connectivity index (χ0v) is 13.6. The van der Waals surface area contributed by atoms with E-state index in [1.54, 1.807) is 7.11 Å². The van der Waals surface area contributed by atoms with Crippen LogP contribution in [0, 0.1) is 13.8 Å². The van der Waals surface area contributed by atoms with Crippen LogP contribution >= 0.6 is 11.6 Å². The molecule has 0 unspecified atom stereocenters. The summed E-state index contributed by atoms with van der Waals surface area (Å²) in [7, 11) is 1.63. The molecule has 1 heterocycles. The van der Waals surface area contributed by atoms with Crippen molar-refractivity contribution in [1.29, 1.82) is 0 Å². The van der Waals surface area contributed by atoms with Crippen LogP contribution in [-0.2, 0) is 6.42 Å². The van der Waals surface area contributed by atoms with Crippen molar-refractivity contribution in [2.75, 3.05) is 13.7 Å². The summed E-state index contributed by atoms with van der Waals surface area (Å²) in [5, 5.41) is 3.55. The predicted molar refractivity (Wildman–Crippen MR) is 85.5 cm³/mol. The molecule has 5 nitrogen and oxygen atoms in total. The molecule has 1 aromatic carbocycles. The van der Waals surface area contributed by atoms with Gasteiger partial charge in [-0.3, -0.25) is 9.78 Å². The molecule has 0 spiro atoms. The van der Waals surface area contributed by atoms with Gasteiger partial charge < -0.3 is 10.1 Å². The van der Waals surface area contributed by atoms with Crippen LogP contribution < -0.4 is 10.1 Å². The fraction of sp³-hybridized carbons (Fsp3) is 0.312. The largest absolute Gasteiger partial charge is 0.496 e. The number of methoxy groups -OCH3 is 1. The molecule has 0 aliphatic carbocycles. The summed E-state index contributed by atoms with van der Waals surface area (Å²) < 4.78 is 5.41. The molecule has 22 heavy (non-hydrogen) atoms. The molecule has 2 rings (SSSR count). The lowest BCUT2D eigenvalue weighted by atomic mass is 10.0. The molecule has 0 aliphatic rings. The summed E-state index contributed by atoms with van der Waals surface area (Å²) in [5.74, 6) is 0.538. The quantitative estimate of drug-likeness (QED) is 0.920. The third-order valence-corrected chi connectivity index (χ3v) is 4.03. The average molecular weight is 320 g/mol. The maximum absolute atomic E-state index is 11.9. The van der Waals surface area contributed by atoms with Gasteiger partial charge >= 0.3 is 0 Å². The number of hydrogen-bond donors (Lipinski definition) is 1. The first-order valence-electron chi connectivity index (χ1n) is 6.91. The lowest BCUT2D eigenvalue weighted by molar-refractivity contribution is 0.0948. The van der Waals surface area contributed by atoms with Gasteiger partial charge in [-0.15, -0.1) is 0 Å². The highest BCUT2D eigenvalue weighted by Gasteiger charge is 2.13. The Morgan fingerprint density at radius 2 is 2.14 bits per heavy atom. The smallest absolute Gasteiger partial charge is 0.271 e. The van der Waals surface area contributed by atoms with E-state index in [-0.39, 0.29) is 5.91 Å². The van der Waals surface area contributed by atoms with E-state index >= 15 is 0 Å². The van der Waals surface area contributed by atoms with Gasteiger partial charge in [0.25, 0.3) is 5.91 Å². The number of carbonyl (C=O) groups excluding carboxylic acids is 1. The van der Waals surface area contributed by atoms with Crippen molar-refractivity contribution in [1.82, 2.24) is 15.3 Å². The van der Waals surface area contributed by atoms with Crippen molar-refractivity contribution in [2.24, 2.45) is 0 Å². The van der Waals surface area contributed by atoms with Gasteiger partial charge in [0, 0.05) is 29.5 Å². The number of hydrogen-bond acceptors (Lipinski definition) is 4. The van der Waals surface area contributed by atoms with Crippen LogP contribution in [0.1, 0.15) is 27.2 Å². The highest BCUT2D eigenvalue weighted by Crippen LogP contribution is 2.31. The molecule has 2 aromatic rings. The highest BCUT2D eigenvalue weighted by atomic mass is 35.5. The van der Waals surface area contributed by atoms with Crippen LogP contribution in [0.15, 0.2) is 24.7 Å². The van der Waals surface area contributed by atoms with Crippen molar-refractivity contribution in [3.05, 3.63) is 52.1 Å². The Bertz CT molecular complexity index is 675. The van der Waals surface area contributed by atoms with Gasteiger partial charge in [0.05, 0.1) is 13.3 Å². The lowest BCUT2D eigenvalue weighted by Gasteiger charge is -2.15. The van der Waals surface area contributed by atoms with E-state index in [2.05, 4.69) is 15.3 Å². The van der Waals surface area contributed by atoms with E-state index in [1.165, 1.54) is 18.6 Å². The summed E-state index contributed by atoms with van der Waals surface area (Å²) in [6.07, 6.45) is 5.08. The van der Waals surface area contributed by atoms with Crippen LogP contribution in [-0.4, -0.2) is 29.5 Å². The van der Waals surface area contributed by atoms with Crippen molar-refractivity contribution >= 4 is 17.5 Å². The molecule has 0 aliphatic heterocycles. The first-order chi connectivity index (χ1) is 10.5. The molecule has 0 saturated carbocycles. The number of amides is 1. The zero-order valence-electron chi connectivity index (χ0n) is 12.8. The Balaban J connectivity index is 2.06. The van der Waals surface area contributed by atoms with E-state index in [0.717, 1.165) is 27.5 Å². The normalized spacial score (nSPS) is 10.4. The van der Waals surface area contributed by atoms with Gasteiger partial charge in [0.2, 0.25) is 0 Å². The van der Waals surface area contributed by atoms with Gasteiger partial charge in [-0.25, -0.2) is 4.98 Å². The number of aryl methyl sites for hydroxylation is 1. The van der Waals surface area contributed by atoms with E-state index in [1.807, 2.05) is 19.9 Å². The number of carbonyl (C=O) groups is 1. The van der Waals surface area contributed by atoms with E-state index in [9.17, 15) is 4.79 Å². The number of nitrogens with one attached hydrogen (secondary N) is 1. The Hall–Kier alpha value is -2.14. The summed E-state index contributed by atoms with van der Waals surface area (Å²) in [5.41, 5.74) is 3.25. The van der Waals surface area contributed by atoms with Crippen molar-refractivity contribution < 1.29 is 9.53 Å². The van der Waals surface area contributed by atoms with Crippen LogP contribution in [0.4, 0.5) is 0 Å². The number of aromatic nitrogens is 2. The van der Waals surface area contributed by atoms with E-state index in [4.69, 9.17) is 16.3 Å². The number of benzene rings is 1. The number of halogens is 1. The second-order valence-electron chi connectivity index (χ2n) is 4.91. The second kappa shape index (κ2) is 7.22. The fourth-order valence-electron chi connectivity index (χ4n) is 2.26. The molecule has 0 bridgehead atoms. The number of nitrogens with zero attached hydrogens (tertiary/aromatic N) is 2. The zero-order chi connectivity index (χ0) is 16.1. The molecule has 0 radical (unpaired) electrons. The van der Waals surface area contributed by atoms with Crippen molar-refractivity contribution in [3.8, 4) is 5.75 Å². The van der Waals surface area contributed by atoms with Crippen LogP contribution in [0.3, 0.4) is 0 Å². The SMILES string of the molecule is COc1cc(C)c(Cl)c(C)c1CCNC(=O)c1cnccn1. The molecule has 1 amide bonds. The molecule has 1 aromatic heterocycles. The molecule has 0 atom stereocenters. The summed E-state index contributed by atoms with van der Waals surface area (Å²) >= 11 is 6.29. The van der Waals surface area contributed by atoms with E-state index < -0.39 is 0 Å². The van der Waals surface area contributed by atoms with Crippen molar-refractivity contribution in [2.45, 2.75) is 20.3 Å². The predicted octanol–water partition coefficient (Wildman–Crippen LogP) is 2.73. The molecular weight excluding hydrogens is 302 g/mol. The van der Waals surface area contributed by atoms with Gasteiger partial charge in [-0.05, 0) is 37.5 Å². The Kier molecular flexibility index (Phi) is 5.33. The Morgan fingerprint density at radius 3 is 2.77 bits per heavy atom. The van der Waals surface area contributed by atoms with Crippen molar-refractivity contribution in [3.63, 3.8) is 0 Å². The standard InChI is InChI=1S/C16H18ClN3O2/c1-10-8-14(22-3)12(11(2)15(10)17)4-5-20-16(21)13-9-18-6-7-19-13/h6-9H,4-5H2,1-3H3,(H,20,21). The molecule has 116 valence electrons. The van der Waals surface area contributed by atoms with Crippen LogP contribution in [0.2, 0.25) is 5.02 Å². The highest BCUT2D eigenvalue weighted by molar-refractivity contribution is 6.32. The molecule has 0 fully saturated rings. The average Bonchev–Trinajstić information content (AvgIpc) is 2.55. The third kappa shape index (κ3) is 3.54. The first-order valence-corrected chi connectivity index (χ1v) is 7.29. The maximum Gasteiger partial charge on any atom is 0.271 e. The minimum atomic E-state index is -0.247. The van der Waals surface area contributed by atoms with Gasteiger partial charge in [0.1, 0.15) is 11.4 Å². The summed E-state index contributed by atoms with van der Waals surface area (Å²) in [6, 6.07) is 1.91. The minimum absolute atomic E-state index is 0.247. The van der Waals surface area contributed by atoms with Gasteiger partial charge in [-0.1, -0.05) is 11.6 Å². The van der Waals surface area contributed by atoms with Gasteiger partial charge in [-0.2, -0.15) is 0 Å². The maximum atomic E-state index is 11.9. The fourth-order valence-corrected chi connectivity index (χ4v) is 2.43. The number of rotatable bonds is 5. The molecule has 1 N–H and O–H groups in total. The molecule has 0 saturated heterocycles. The monoisotopic (exact) mass is 319 g/mol. The molecular formula is C16H18ClN3O2. The van der Waals surface area contributed by atoms with Crippen LogP contribution in [0.5, 0.6) is 5.75 Å². The minimum Gasteiger partial charge on any atom is -0.496 e. The lowest BCUT2D eigenvalue weighted by Crippen LogP contribution is -2.26. The molecule has 6 heteroatoms. The topological polar surface area (TPSA) is 64.1 Å². The summed E-state index contributed by atoms with van der Waals surface area (Å²) in [6.45, 7) is 4.36. The number of ether oxygens (including phenoxy) is 1.